The fourth-order valence-electron chi connectivity index (χ4n) is 1.99. The van der Waals surface area contributed by atoms with Gasteiger partial charge in [0.2, 0.25) is 0 Å². The number of hydrogen-bond donors (Lipinski definition) is 1. The van der Waals surface area contributed by atoms with E-state index in [4.69, 9.17) is 0 Å². The maximum atomic E-state index is 3.62. The molecule has 0 saturated heterocycles. The Balaban J connectivity index is 1.86. The van der Waals surface area contributed by atoms with E-state index in [-0.39, 0.29) is 0 Å². The van der Waals surface area contributed by atoms with Crippen LogP contribution in [-0.2, 0) is 0 Å². The maximum Gasteiger partial charge on any atom is 0.0884 e. The molecular formula is C11H17NS. The van der Waals surface area contributed by atoms with Crippen molar-refractivity contribution >= 4 is 16.3 Å². The van der Waals surface area contributed by atoms with E-state index in [0.29, 0.717) is 0 Å². The summed E-state index contributed by atoms with van der Waals surface area (Å²) in [5.41, 5.74) is 0. The van der Waals surface area contributed by atoms with Gasteiger partial charge in [-0.05, 0) is 30.4 Å². The minimum absolute atomic E-state index is 0.737. The Labute approximate surface area is 84.2 Å². The zero-order valence-corrected chi connectivity index (χ0v) is 8.78. The number of rotatable bonds is 2. The lowest BCUT2D eigenvalue weighted by Gasteiger charge is -2.15. The average molecular weight is 195 g/mol. The molecule has 0 radical (unpaired) electrons. The van der Waals surface area contributed by atoms with Gasteiger partial charge in [0, 0.05) is 6.04 Å². The normalized spacial score (nSPS) is 19.7. The Hall–Kier alpha value is -0.500. The van der Waals surface area contributed by atoms with Crippen LogP contribution in [0.2, 0.25) is 0 Å². The first-order valence-electron chi connectivity index (χ1n) is 5.25. The van der Waals surface area contributed by atoms with Gasteiger partial charge in [-0.1, -0.05) is 25.7 Å². The molecule has 1 aliphatic carbocycles. The molecule has 1 fully saturated rings. The first-order chi connectivity index (χ1) is 6.45. The molecule has 0 amide bonds. The summed E-state index contributed by atoms with van der Waals surface area (Å²) in [5.74, 6) is 0. The van der Waals surface area contributed by atoms with Crippen LogP contribution in [0.4, 0.5) is 5.00 Å². The molecule has 1 aromatic rings. The topological polar surface area (TPSA) is 12.0 Å². The third-order valence-electron chi connectivity index (χ3n) is 2.72. The van der Waals surface area contributed by atoms with E-state index in [1.807, 2.05) is 11.3 Å². The summed E-state index contributed by atoms with van der Waals surface area (Å²) in [6.07, 6.45) is 8.40. The summed E-state index contributed by atoms with van der Waals surface area (Å²) in [6.45, 7) is 0. The van der Waals surface area contributed by atoms with Crippen LogP contribution >= 0.6 is 11.3 Å². The highest BCUT2D eigenvalue weighted by atomic mass is 32.1. The Bertz CT molecular complexity index is 222. The average Bonchev–Trinajstić information content (AvgIpc) is 2.49. The molecule has 2 rings (SSSR count). The van der Waals surface area contributed by atoms with Gasteiger partial charge in [0.05, 0.1) is 5.00 Å². The highest BCUT2D eigenvalue weighted by Gasteiger charge is 2.11. The molecule has 1 aliphatic rings. The second-order valence-corrected chi connectivity index (χ2v) is 4.76. The minimum atomic E-state index is 0.737. The lowest BCUT2D eigenvalue weighted by molar-refractivity contribution is 0.621. The number of thiophene rings is 1. The van der Waals surface area contributed by atoms with Crippen molar-refractivity contribution in [2.75, 3.05) is 5.32 Å². The molecular weight excluding hydrogens is 178 g/mol. The molecule has 1 nitrogen and oxygen atoms in total. The third-order valence-corrected chi connectivity index (χ3v) is 3.52. The molecule has 72 valence electrons. The van der Waals surface area contributed by atoms with E-state index < -0.39 is 0 Å². The van der Waals surface area contributed by atoms with Crippen molar-refractivity contribution < 1.29 is 0 Å². The molecule has 0 aliphatic heterocycles. The second kappa shape index (κ2) is 4.66. The van der Waals surface area contributed by atoms with Gasteiger partial charge in [-0.3, -0.25) is 0 Å². The highest BCUT2D eigenvalue weighted by molar-refractivity contribution is 7.14. The first-order valence-corrected chi connectivity index (χ1v) is 6.13. The van der Waals surface area contributed by atoms with E-state index in [9.17, 15) is 0 Å². The van der Waals surface area contributed by atoms with Crippen molar-refractivity contribution in [3.05, 3.63) is 17.5 Å². The molecule has 0 unspecified atom stereocenters. The molecule has 1 N–H and O–H groups in total. The van der Waals surface area contributed by atoms with Gasteiger partial charge in [-0.2, -0.15) is 0 Å². The lowest BCUT2D eigenvalue weighted by Crippen LogP contribution is -2.17. The van der Waals surface area contributed by atoms with E-state index in [1.165, 1.54) is 43.5 Å². The van der Waals surface area contributed by atoms with Gasteiger partial charge in [0.15, 0.2) is 0 Å². The maximum absolute atomic E-state index is 3.62. The van der Waals surface area contributed by atoms with Gasteiger partial charge < -0.3 is 5.32 Å². The van der Waals surface area contributed by atoms with Crippen LogP contribution in [0, 0.1) is 0 Å². The van der Waals surface area contributed by atoms with Gasteiger partial charge in [0.25, 0.3) is 0 Å². The van der Waals surface area contributed by atoms with Gasteiger partial charge in [0.1, 0.15) is 0 Å². The van der Waals surface area contributed by atoms with Crippen LogP contribution in [0.5, 0.6) is 0 Å². The predicted molar refractivity (Wildman–Crippen MR) is 59.4 cm³/mol. The van der Waals surface area contributed by atoms with Crippen LogP contribution in [0.1, 0.15) is 38.5 Å². The quantitative estimate of drug-likeness (QED) is 0.706. The van der Waals surface area contributed by atoms with Gasteiger partial charge >= 0.3 is 0 Å². The monoisotopic (exact) mass is 195 g/mol. The van der Waals surface area contributed by atoms with E-state index in [1.54, 1.807) is 0 Å². The molecule has 13 heavy (non-hydrogen) atoms. The molecule has 1 aromatic heterocycles. The van der Waals surface area contributed by atoms with Crippen molar-refractivity contribution in [1.82, 2.24) is 0 Å². The fraction of sp³-hybridized carbons (Fsp3) is 0.636. The van der Waals surface area contributed by atoms with Gasteiger partial charge in [-0.15, -0.1) is 11.3 Å². The molecule has 0 bridgehead atoms. The van der Waals surface area contributed by atoms with Crippen LogP contribution in [-0.4, -0.2) is 6.04 Å². The highest BCUT2D eigenvalue weighted by Crippen LogP contribution is 2.23. The summed E-state index contributed by atoms with van der Waals surface area (Å²) in [4.78, 5) is 0. The summed E-state index contributed by atoms with van der Waals surface area (Å²) >= 11 is 1.81. The zero-order chi connectivity index (χ0) is 8.93. The fourth-order valence-corrected chi connectivity index (χ4v) is 2.68. The van der Waals surface area contributed by atoms with Crippen LogP contribution in [0.15, 0.2) is 17.5 Å². The number of nitrogens with one attached hydrogen (secondary N) is 1. The summed E-state index contributed by atoms with van der Waals surface area (Å²) in [5, 5.41) is 7.10. The lowest BCUT2D eigenvalue weighted by atomic mass is 10.1. The number of hydrogen-bond acceptors (Lipinski definition) is 2. The van der Waals surface area contributed by atoms with Crippen molar-refractivity contribution in [3.63, 3.8) is 0 Å². The van der Waals surface area contributed by atoms with E-state index in [0.717, 1.165) is 6.04 Å². The van der Waals surface area contributed by atoms with Crippen molar-refractivity contribution in [1.29, 1.82) is 0 Å². The Morgan fingerprint density at radius 1 is 1.15 bits per heavy atom. The largest absolute Gasteiger partial charge is 0.374 e. The molecule has 0 spiro atoms. The van der Waals surface area contributed by atoms with Crippen LogP contribution in [0.3, 0.4) is 0 Å². The number of anilines is 1. The molecule has 1 heterocycles. The first kappa shape index (κ1) is 9.07. The SMILES string of the molecule is c1csc(NC2CCCCCC2)c1. The summed E-state index contributed by atoms with van der Waals surface area (Å²) in [7, 11) is 0. The minimum Gasteiger partial charge on any atom is -0.374 e. The Kier molecular flexibility index (Phi) is 3.25. The standard InChI is InChI=1S/C11H17NS/c1-2-4-7-10(6-3-1)12-11-8-5-9-13-11/h5,8-10,12H,1-4,6-7H2. The van der Waals surface area contributed by atoms with Crippen LogP contribution < -0.4 is 5.32 Å². The smallest absolute Gasteiger partial charge is 0.0884 e. The van der Waals surface area contributed by atoms with E-state index in [2.05, 4.69) is 22.8 Å². The Morgan fingerprint density at radius 3 is 2.54 bits per heavy atom. The molecule has 0 atom stereocenters. The summed E-state index contributed by atoms with van der Waals surface area (Å²) < 4.78 is 0. The second-order valence-electron chi connectivity index (χ2n) is 3.81. The third kappa shape index (κ3) is 2.73. The van der Waals surface area contributed by atoms with Crippen molar-refractivity contribution in [2.24, 2.45) is 0 Å². The van der Waals surface area contributed by atoms with Crippen molar-refractivity contribution in [3.8, 4) is 0 Å². The zero-order valence-electron chi connectivity index (χ0n) is 7.96. The van der Waals surface area contributed by atoms with E-state index >= 15 is 0 Å². The van der Waals surface area contributed by atoms with Crippen molar-refractivity contribution in [2.45, 2.75) is 44.6 Å². The molecule has 1 saturated carbocycles. The van der Waals surface area contributed by atoms with Crippen LogP contribution in [0.25, 0.3) is 0 Å². The van der Waals surface area contributed by atoms with Gasteiger partial charge in [-0.25, -0.2) is 0 Å². The molecule has 0 aromatic carbocycles. The summed E-state index contributed by atoms with van der Waals surface area (Å²) in [6, 6.07) is 5.03. The molecule has 2 heteroatoms. The Morgan fingerprint density at radius 2 is 1.92 bits per heavy atom. The predicted octanol–water partition coefficient (Wildman–Crippen LogP) is 3.88.